The Labute approximate surface area is 98.7 Å². The van der Waals surface area contributed by atoms with E-state index in [0.29, 0.717) is 11.1 Å². The zero-order valence-corrected chi connectivity index (χ0v) is 9.39. The highest BCUT2D eigenvalue weighted by atomic mass is 19.1. The summed E-state index contributed by atoms with van der Waals surface area (Å²) in [5, 5.41) is 10.1. The Hall–Kier alpha value is -1.94. The maximum Gasteiger partial charge on any atom is 0.132 e. The zero-order chi connectivity index (χ0) is 12.4. The van der Waals surface area contributed by atoms with Gasteiger partial charge in [-0.05, 0) is 18.6 Å². The Balaban J connectivity index is 2.48. The van der Waals surface area contributed by atoms with Gasteiger partial charge in [0.1, 0.15) is 17.7 Å². The van der Waals surface area contributed by atoms with Crippen LogP contribution in [-0.4, -0.2) is 10.1 Å². The van der Waals surface area contributed by atoms with Crippen molar-refractivity contribution >= 4 is 5.82 Å². The summed E-state index contributed by atoms with van der Waals surface area (Å²) in [5.41, 5.74) is 6.77. The van der Waals surface area contributed by atoms with Crippen LogP contribution in [0, 0.1) is 12.7 Å². The van der Waals surface area contributed by atoms with Crippen LogP contribution in [0.2, 0.25) is 0 Å². The number of aryl methyl sites for hydroxylation is 1. The highest BCUT2D eigenvalue weighted by Gasteiger charge is 2.18. The van der Waals surface area contributed by atoms with E-state index in [1.54, 1.807) is 37.3 Å². The van der Waals surface area contributed by atoms with E-state index in [1.807, 2.05) is 0 Å². The summed E-state index contributed by atoms with van der Waals surface area (Å²) in [6, 6.07) is 8.18. The van der Waals surface area contributed by atoms with E-state index in [-0.39, 0.29) is 11.4 Å². The number of nitrogens with two attached hydrogens (primary N) is 1. The molecular weight excluding hydrogens is 219 g/mol. The van der Waals surface area contributed by atoms with Crippen molar-refractivity contribution in [2.24, 2.45) is 0 Å². The number of anilines is 1. The number of aliphatic hydroxyl groups excluding tert-OH is 1. The number of hydrogen-bond donors (Lipinski definition) is 2. The van der Waals surface area contributed by atoms with Crippen molar-refractivity contribution in [1.29, 1.82) is 0 Å². The first kappa shape index (κ1) is 11.5. The molecule has 0 radical (unpaired) electrons. The minimum Gasteiger partial charge on any atom is -0.383 e. The average molecular weight is 232 g/mol. The lowest BCUT2D eigenvalue weighted by atomic mass is 10.00. The van der Waals surface area contributed by atoms with Crippen molar-refractivity contribution in [2.45, 2.75) is 13.0 Å². The van der Waals surface area contributed by atoms with Crippen LogP contribution in [0.15, 0.2) is 36.5 Å². The molecule has 88 valence electrons. The molecule has 0 aliphatic carbocycles. The fourth-order valence-electron chi connectivity index (χ4n) is 1.71. The van der Waals surface area contributed by atoms with Crippen LogP contribution < -0.4 is 5.73 Å². The molecule has 0 fully saturated rings. The lowest BCUT2D eigenvalue weighted by molar-refractivity contribution is 0.215. The fourth-order valence-corrected chi connectivity index (χ4v) is 1.71. The molecule has 0 aliphatic heterocycles. The van der Waals surface area contributed by atoms with Gasteiger partial charge in [-0.3, -0.25) is 0 Å². The van der Waals surface area contributed by atoms with Crippen LogP contribution in [-0.2, 0) is 0 Å². The SMILES string of the molecule is Cc1cccc(C(O)c2cccnc2N)c1F. The highest BCUT2D eigenvalue weighted by Crippen LogP contribution is 2.28. The zero-order valence-electron chi connectivity index (χ0n) is 9.39. The second-order valence-electron chi connectivity index (χ2n) is 3.86. The minimum atomic E-state index is -1.09. The summed E-state index contributed by atoms with van der Waals surface area (Å²) in [6.45, 7) is 1.65. The Kier molecular flexibility index (Phi) is 3.06. The van der Waals surface area contributed by atoms with Crippen molar-refractivity contribution in [3.8, 4) is 0 Å². The Morgan fingerprint density at radius 2 is 1.94 bits per heavy atom. The molecule has 1 aromatic carbocycles. The van der Waals surface area contributed by atoms with E-state index in [1.165, 1.54) is 6.20 Å². The number of halogens is 1. The van der Waals surface area contributed by atoms with Crippen LogP contribution >= 0.6 is 0 Å². The third-order valence-corrected chi connectivity index (χ3v) is 2.68. The van der Waals surface area contributed by atoms with E-state index in [0.717, 1.165) is 0 Å². The molecule has 0 amide bonds. The second kappa shape index (κ2) is 4.51. The monoisotopic (exact) mass is 232 g/mol. The van der Waals surface area contributed by atoms with Crippen molar-refractivity contribution in [2.75, 3.05) is 5.73 Å². The number of nitrogens with zero attached hydrogens (tertiary/aromatic N) is 1. The van der Waals surface area contributed by atoms with Gasteiger partial charge in [-0.15, -0.1) is 0 Å². The predicted molar refractivity (Wildman–Crippen MR) is 63.8 cm³/mol. The normalized spacial score (nSPS) is 12.4. The molecule has 3 N–H and O–H groups in total. The van der Waals surface area contributed by atoms with Crippen molar-refractivity contribution in [1.82, 2.24) is 4.98 Å². The first-order chi connectivity index (χ1) is 8.11. The van der Waals surface area contributed by atoms with Crippen molar-refractivity contribution < 1.29 is 9.50 Å². The number of hydrogen-bond acceptors (Lipinski definition) is 3. The summed E-state index contributed by atoms with van der Waals surface area (Å²) >= 11 is 0. The molecule has 0 spiro atoms. The fraction of sp³-hybridized carbons (Fsp3) is 0.154. The molecule has 4 heteroatoms. The standard InChI is InChI=1S/C13H13FN2O/c1-8-4-2-5-9(11(8)14)12(17)10-6-3-7-16-13(10)15/h2-7,12,17H,1H3,(H2,15,16). The number of rotatable bonds is 2. The molecule has 0 saturated heterocycles. The third-order valence-electron chi connectivity index (χ3n) is 2.68. The van der Waals surface area contributed by atoms with Gasteiger partial charge in [-0.2, -0.15) is 0 Å². The molecule has 0 bridgehead atoms. The summed E-state index contributed by atoms with van der Waals surface area (Å²) in [7, 11) is 0. The quantitative estimate of drug-likeness (QED) is 0.834. The van der Waals surface area contributed by atoms with Gasteiger partial charge in [0.2, 0.25) is 0 Å². The maximum absolute atomic E-state index is 13.8. The first-order valence-corrected chi connectivity index (χ1v) is 5.24. The smallest absolute Gasteiger partial charge is 0.132 e. The van der Waals surface area contributed by atoms with Gasteiger partial charge >= 0.3 is 0 Å². The van der Waals surface area contributed by atoms with Crippen molar-refractivity contribution in [3.63, 3.8) is 0 Å². The first-order valence-electron chi connectivity index (χ1n) is 5.24. The Morgan fingerprint density at radius 3 is 2.65 bits per heavy atom. The van der Waals surface area contributed by atoms with Gasteiger partial charge in [0, 0.05) is 17.3 Å². The van der Waals surface area contributed by atoms with Crippen LogP contribution in [0.5, 0.6) is 0 Å². The van der Waals surface area contributed by atoms with Crippen LogP contribution in [0.3, 0.4) is 0 Å². The van der Waals surface area contributed by atoms with Gasteiger partial charge in [0.25, 0.3) is 0 Å². The number of nitrogen functional groups attached to an aromatic ring is 1. The summed E-state index contributed by atoms with van der Waals surface area (Å²) in [5.74, 6) is -0.204. The van der Waals surface area contributed by atoms with Crippen molar-refractivity contribution in [3.05, 3.63) is 59.0 Å². The van der Waals surface area contributed by atoms with E-state index < -0.39 is 11.9 Å². The number of pyridine rings is 1. The maximum atomic E-state index is 13.8. The average Bonchev–Trinajstić information content (AvgIpc) is 2.32. The number of aromatic nitrogens is 1. The molecule has 3 nitrogen and oxygen atoms in total. The van der Waals surface area contributed by atoms with E-state index in [4.69, 9.17) is 5.73 Å². The molecular formula is C13H13FN2O. The summed E-state index contributed by atoms with van der Waals surface area (Å²) < 4.78 is 13.8. The molecule has 1 heterocycles. The summed E-state index contributed by atoms with van der Waals surface area (Å²) in [6.07, 6.45) is 0.432. The lowest BCUT2D eigenvalue weighted by Gasteiger charge is -2.14. The Bertz CT molecular complexity index is 543. The topological polar surface area (TPSA) is 59.1 Å². The van der Waals surface area contributed by atoms with Gasteiger partial charge < -0.3 is 10.8 Å². The number of benzene rings is 1. The molecule has 0 aliphatic rings. The third kappa shape index (κ3) is 2.12. The second-order valence-corrected chi connectivity index (χ2v) is 3.86. The molecule has 2 aromatic rings. The predicted octanol–water partition coefficient (Wildman–Crippen LogP) is 2.19. The van der Waals surface area contributed by atoms with E-state index in [2.05, 4.69) is 4.98 Å². The molecule has 0 saturated carbocycles. The minimum absolute atomic E-state index is 0.209. The molecule has 17 heavy (non-hydrogen) atoms. The van der Waals surface area contributed by atoms with Gasteiger partial charge in [-0.1, -0.05) is 24.3 Å². The summed E-state index contributed by atoms with van der Waals surface area (Å²) in [4.78, 5) is 3.87. The van der Waals surface area contributed by atoms with E-state index >= 15 is 0 Å². The Morgan fingerprint density at radius 1 is 1.24 bits per heavy atom. The molecule has 1 atom stereocenters. The van der Waals surface area contributed by atoms with E-state index in [9.17, 15) is 9.50 Å². The lowest BCUT2D eigenvalue weighted by Crippen LogP contribution is -2.07. The molecule has 1 aromatic heterocycles. The highest BCUT2D eigenvalue weighted by molar-refractivity contribution is 5.45. The molecule has 1 unspecified atom stereocenters. The van der Waals surface area contributed by atoms with Crippen LogP contribution in [0.4, 0.5) is 10.2 Å². The van der Waals surface area contributed by atoms with Gasteiger partial charge in [0.15, 0.2) is 0 Å². The number of aliphatic hydroxyl groups is 1. The molecule has 2 rings (SSSR count). The van der Waals surface area contributed by atoms with Gasteiger partial charge in [0.05, 0.1) is 0 Å². The van der Waals surface area contributed by atoms with Crippen LogP contribution in [0.1, 0.15) is 22.8 Å². The van der Waals surface area contributed by atoms with Gasteiger partial charge in [-0.25, -0.2) is 9.37 Å². The van der Waals surface area contributed by atoms with Crippen LogP contribution in [0.25, 0.3) is 0 Å². The largest absolute Gasteiger partial charge is 0.383 e.